The number of aliphatic hydroxyl groups excluding tert-OH is 3. The first-order valence-electron chi connectivity index (χ1n) is 8.00. The summed E-state index contributed by atoms with van der Waals surface area (Å²) in [4.78, 5) is 22.1. The number of benzene rings is 1. The van der Waals surface area contributed by atoms with Gasteiger partial charge in [0.2, 0.25) is 6.29 Å². The minimum atomic E-state index is -4.29. The lowest BCUT2D eigenvalue weighted by atomic mass is 9.97. The SMILES string of the molecule is O=P(O)(O)CC[C@H]1OC(Oc2ccc3cccnc3c2)[C@@H](O)[C@@H](O)[C@@H]1O. The van der Waals surface area contributed by atoms with E-state index in [9.17, 15) is 19.9 Å². The molecule has 0 saturated carbocycles. The summed E-state index contributed by atoms with van der Waals surface area (Å²) >= 11 is 0. The molecule has 10 heteroatoms. The van der Waals surface area contributed by atoms with E-state index in [4.69, 9.17) is 19.3 Å². The van der Waals surface area contributed by atoms with E-state index in [1.165, 1.54) is 0 Å². The van der Waals surface area contributed by atoms with Crippen molar-refractivity contribution in [3.05, 3.63) is 36.5 Å². The summed E-state index contributed by atoms with van der Waals surface area (Å²) < 4.78 is 22.1. The molecule has 5 N–H and O–H groups in total. The van der Waals surface area contributed by atoms with Gasteiger partial charge in [0.25, 0.3) is 0 Å². The molecule has 1 saturated heterocycles. The molecule has 0 amide bonds. The van der Waals surface area contributed by atoms with Gasteiger partial charge in [-0.15, -0.1) is 0 Å². The third-order valence-electron chi connectivity index (χ3n) is 4.20. The lowest BCUT2D eigenvalue weighted by molar-refractivity contribution is -0.272. The Bertz CT molecular complexity index is 812. The van der Waals surface area contributed by atoms with E-state index in [2.05, 4.69) is 4.98 Å². The van der Waals surface area contributed by atoms with Crippen LogP contribution in [0.1, 0.15) is 6.42 Å². The number of pyridine rings is 1. The Labute approximate surface area is 149 Å². The summed E-state index contributed by atoms with van der Waals surface area (Å²) in [5, 5.41) is 31.0. The molecule has 0 aliphatic carbocycles. The van der Waals surface area contributed by atoms with E-state index in [0.29, 0.717) is 11.3 Å². The van der Waals surface area contributed by atoms with Gasteiger partial charge in [0.15, 0.2) is 0 Å². The largest absolute Gasteiger partial charge is 0.462 e. The summed E-state index contributed by atoms with van der Waals surface area (Å²) in [7, 11) is -4.29. The van der Waals surface area contributed by atoms with E-state index < -0.39 is 44.5 Å². The fraction of sp³-hybridized carbons (Fsp3) is 0.438. The first kappa shape index (κ1) is 19.2. The molecule has 142 valence electrons. The summed E-state index contributed by atoms with van der Waals surface area (Å²) in [6.45, 7) is 0. The van der Waals surface area contributed by atoms with E-state index >= 15 is 0 Å². The number of rotatable bonds is 5. The second kappa shape index (κ2) is 7.58. The van der Waals surface area contributed by atoms with Gasteiger partial charge in [0.1, 0.15) is 24.1 Å². The zero-order chi connectivity index (χ0) is 18.9. The van der Waals surface area contributed by atoms with Crippen LogP contribution in [0.4, 0.5) is 0 Å². The third kappa shape index (κ3) is 4.39. The number of fused-ring (bicyclic) bond motifs is 1. The molecular weight excluding hydrogens is 365 g/mol. The summed E-state index contributed by atoms with van der Waals surface area (Å²) in [5.41, 5.74) is 0.661. The van der Waals surface area contributed by atoms with Gasteiger partial charge >= 0.3 is 7.60 Å². The number of aliphatic hydroxyl groups is 3. The Balaban J connectivity index is 1.75. The van der Waals surface area contributed by atoms with Crippen molar-refractivity contribution in [3.63, 3.8) is 0 Å². The molecule has 1 unspecified atom stereocenters. The topological polar surface area (TPSA) is 150 Å². The zero-order valence-electron chi connectivity index (χ0n) is 13.6. The number of hydrogen-bond acceptors (Lipinski definition) is 7. The molecule has 5 atom stereocenters. The fourth-order valence-corrected chi connectivity index (χ4v) is 3.39. The highest BCUT2D eigenvalue weighted by molar-refractivity contribution is 7.51. The quantitative estimate of drug-likeness (QED) is 0.448. The maximum atomic E-state index is 11.0. The van der Waals surface area contributed by atoms with Crippen molar-refractivity contribution in [2.24, 2.45) is 0 Å². The molecule has 0 bridgehead atoms. The van der Waals surface area contributed by atoms with Crippen LogP contribution >= 0.6 is 7.60 Å². The van der Waals surface area contributed by atoms with Gasteiger partial charge < -0.3 is 34.6 Å². The van der Waals surface area contributed by atoms with Crippen LogP contribution in [0, 0.1) is 0 Å². The Morgan fingerprint density at radius 2 is 1.88 bits per heavy atom. The van der Waals surface area contributed by atoms with Crippen LogP contribution in [-0.4, -0.2) is 67.0 Å². The van der Waals surface area contributed by atoms with Crippen molar-refractivity contribution < 1.29 is 39.1 Å². The molecule has 0 radical (unpaired) electrons. The van der Waals surface area contributed by atoms with Crippen LogP contribution in [-0.2, 0) is 9.30 Å². The molecular formula is C16H20NO8P. The van der Waals surface area contributed by atoms with Crippen molar-refractivity contribution >= 4 is 18.5 Å². The van der Waals surface area contributed by atoms with Gasteiger partial charge in [-0.25, -0.2) is 0 Å². The second-order valence-electron chi connectivity index (χ2n) is 6.17. The Hall–Kier alpha value is -1.58. The lowest BCUT2D eigenvalue weighted by Crippen LogP contribution is -2.59. The van der Waals surface area contributed by atoms with Crippen LogP contribution in [0.15, 0.2) is 36.5 Å². The predicted octanol–water partition coefficient (Wildman–Crippen LogP) is -0.0110. The number of nitrogens with zero attached hydrogens (tertiary/aromatic N) is 1. The normalized spacial score (nSPS) is 29.7. The summed E-state index contributed by atoms with van der Waals surface area (Å²) in [5.74, 6) is 0.331. The minimum Gasteiger partial charge on any atom is -0.462 e. The Morgan fingerprint density at radius 1 is 1.12 bits per heavy atom. The van der Waals surface area contributed by atoms with Crippen LogP contribution in [0.25, 0.3) is 10.9 Å². The van der Waals surface area contributed by atoms with Gasteiger partial charge in [-0.1, -0.05) is 6.07 Å². The molecule has 1 aliphatic heterocycles. The van der Waals surface area contributed by atoms with Crippen LogP contribution in [0.3, 0.4) is 0 Å². The standard InChI is InChI=1S/C16H20NO8P/c18-13-12(5-7-26(21,22)23)25-16(15(20)14(13)19)24-10-4-3-9-2-1-6-17-11(9)8-10/h1-4,6,8,12-16,18-20H,5,7H2,(H2,21,22,23)/t12-,13-,14+,15+,16?/m1/s1. The van der Waals surface area contributed by atoms with Gasteiger partial charge in [-0.05, 0) is 24.6 Å². The third-order valence-corrected chi connectivity index (χ3v) is 5.04. The molecule has 1 aliphatic rings. The highest BCUT2D eigenvalue weighted by atomic mass is 31.2. The van der Waals surface area contributed by atoms with Gasteiger partial charge in [-0.2, -0.15) is 0 Å². The molecule has 3 rings (SSSR count). The number of aromatic nitrogens is 1. The average Bonchev–Trinajstić information content (AvgIpc) is 2.60. The first-order chi connectivity index (χ1) is 12.2. The van der Waals surface area contributed by atoms with Crippen LogP contribution in [0.5, 0.6) is 5.75 Å². The van der Waals surface area contributed by atoms with Crippen molar-refractivity contribution in [1.29, 1.82) is 0 Å². The van der Waals surface area contributed by atoms with Crippen LogP contribution < -0.4 is 4.74 Å². The number of hydrogen-bond donors (Lipinski definition) is 5. The predicted molar refractivity (Wildman–Crippen MR) is 90.6 cm³/mol. The molecule has 0 spiro atoms. The highest BCUT2D eigenvalue weighted by Crippen LogP contribution is 2.37. The van der Waals surface area contributed by atoms with Crippen LogP contribution in [0.2, 0.25) is 0 Å². The zero-order valence-corrected chi connectivity index (χ0v) is 14.5. The molecule has 1 fully saturated rings. The first-order valence-corrected chi connectivity index (χ1v) is 9.80. The second-order valence-corrected chi connectivity index (χ2v) is 7.94. The van der Waals surface area contributed by atoms with Gasteiger partial charge in [-0.3, -0.25) is 9.55 Å². The van der Waals surface area contributed by atoms with Crippen molar-refractivity contribution in [1.82, 2.24) is 4.98 Å². The maximum Gasteiger partial charge on any atom is 0.325 e. The summed E-state index contributed by atoms with van der Waals surface area (Å²) in [6.07, 6.45) is -6.10. The van der Waals surface area contributed by atoms with E-state index in [1.807, 2.05) is 6.07 Å². The van der Waals surface area contributed by atoms with Crippen molar-refractivity contribution in [3.8, 4) is 5.75 Å². The van der Waals surface area contributed by atoms with Crippen molar-refractivity contribution in [2.45, 2.75) is 37.1 Å². The monoisotopic (exact) mass is 385 g/mol. The molecule has 26 heavy (non-hydrogen) atoms. The lowest BCUT2D eigenvalue weighted by Gasteiger charge is -2.40. The summed E-state index contributed by atoms with van der Waals surface area (Å²) in [6, 6.07) is 8.70. The number of ether oxygens (including phenoxy) is 2. The molecule has 1 aromatic heterocycles. The fourth-order valence-electron chi connectivity index (χ4n) is 2.80. The van der Waals surface area contributed by atoms with E-state index in [0.717, 1.165) is 5.39 Å². The maximum absolute atomic E-state index is 11.0. The molecule has 1 aromatic carbocycles. The van der Waals surface area contributed by atoms with E-state index in [1.54, 1.807) is 30.5 Å². The molecule has 2 aromatic rings. The van der Waals surface area contributed by atoms with Gasteiger partial charge in [0, 0.05) is 17.6 Å². The van der Waals surface area contributed by atoms with Gasteiger partial charge in [0.05, 0.1) is 17.8 Å². The van der Waals surface area contributed by atoms with E-state index in [-0.39, 0.29) is 6.42 Å². The molecule has 9 nitrogen and oxygen atoms in total. The molecule has 2 heterocycles. The Kier molecular flexibility index (Phi) is 5.59. The highest BCUT2D eigenvalue weighted by Gasteiger charge is 2.45. The Morgan fingerprint density at radius 3 is 2.62 bits per heavy atom. The average molecular weight is 385 g/mol. The minimum absolute atomic E-state index is 0.200. The smallest absolute Gasteiger partial charge is 0.325 e. The van der Waals surface area contributed by atoms with Crippen molar-refractivity contribution in [2.75, 3.05) is 6.16 Å².